The maximum atomic E-state index is 13.9. The molecule has 0 fully saturated rings. The molecule has 0 spiro atoms. The highest BCUT2D eigenvalue weighted by atomic mass is 19.1. The fourth-order valence-electron chi connectivity index (χ4n) is 1.69. The number of rotatable bonds is 4. The van der Waals surface area contributed by atoms with E-state index in [-0.39, 0.29) is 29.2 Å². The fourth-order valence-corrected chi connectivity index (χ4v) is 1.69. The minimum absolute atomic E-state index is 0.158. The maximum absolute atomic E-state index is 13.9. The van der Waals surface area contributed by atoms with E-state index < -0.39 is 11.8 Å². The lowest BCUT2D eigenvalue weighted by Gasteiger charge is -2.04. The number of esters is 1. The average molecular weight is 276 g/mol. The Morgan fingerprint density at radius 1 is 1.35 bits per heavy atom. The van der Waals surface area contributed by atoms with Gasteiger partial charge < -0.3 is 4.74 Å². The molecule has 20 heavy (non-hydrogen) atoms. The molecule has 0 atom stereocenters. The van der Waals surface area contributed by atoms with Crippen LogP contribution in [0.3, 0.4) is 0 Å². The lowest BCUT2D eigenvalue weighted by molar-refractivity contribution is 0.0526. The van der Waals surface area contributed by atoms with E-state index in [1.165, 1.54) is 36.1 Å². The standard InChI is InChI=1S/C14H13FN2O3/c1-3-20-14(19)11-7-16-17(8-11)13-5-4-10(9(2)18)6-12(13)15/h4-8H,3H2,1-2H3. The van der Waals surface area contributed by atoms with E-state index in [0.29, 0.717) is 0 Å². The van der Waals surface area contributed by atoms with Crippen LogP contribution in [-0.4, -0.2) is 28.1 Å². The highest BCUT2D eigenvalue weighted by molar-refractivity contribution is 5.94. The van der Waals surface area contributed by atoms with Gasteiger partial charge in [0.15, 0.2) is 5.78 Å². The largest absolute Gasteiger partial charge is 0.462 e. The molecular formula is C14H13FN2O3. The van der Waals surface area contributed by atoms with E-state index in [0.717, 1.165) is 6.07 Å². The Labute approximate surface area is 115 Å². The van der Waals surface area contributed by atoms with Crippen LogP contribution in [0.1, 0.15) is 34.6 Å². The van der Waals surface area contributed by atoms with Gasteiger partial charge in [-0.15, -0.1) is 0 Å². The van der Waals surface area contributed by atoms with Crippen LogP contribution in [0, 0.1) is 5.82 Å². The van der Waals surface area contributed by atoms with Crippen molar-refractivity contribution in [3.05, 3.63) is 47.5 Å². The zero-order valence-electron chi connectivity index (χ0n) is 11.1. The summed E-state index contributed by atoms with van der Waals surface area (Å²) in [7, 11) is 0. The van der Waals surface area contributed by atoms with Crippen molar-refractivity contribution in [2.75, 3.05) is 6.61 Å². The zero-order valence-corrected chi connectivity index (χ0v) is 11.1. The van der Waals surface area contributed by atoms with E-state index in [9.17, 15) is 14.0 Å². The summed E-state index contributed by atoms with van der Waals surface area (Å²) >= 11 is 0. The van der Waals surface area contributed by atoms with Crippen LogP contribution in [-0.2, 0) is 4.74 Å². The molecule has 1 aromatic heterocycles. The Kier molecular flexibility index (Phi) is 3.93. The van der Waals surface area contributed by atoms with Crippen LogP contribution < -0.4 is 0 Å². The van der Waals surface area contributed by atoms with Crippen molar-refractivity contribution in [1.82, 2.24) is 9.78 Å². The van der Waals surface area contributed by atoms with E-state index in [2.05, 4.69) is 5.10 Å². The van der Waals surface area contributed by atoms with Crippen molar-refractivity contribution in [2.24, 2.45) is 0 Å². The van der Waals surface area contributed by atoms with Gasteiger partial charge in [0.2, 0.25) is 0 Å². The summed E-state index contributed by atoms with van der Waals surface area (Å²) < 4.78 is 20.0. The first-order valence-corrected chi connectivity index (χ1v) is 6.05. The van der Waals surface area contributed by atoms with Gasteiger partial charge in [-0.25, -0.2) is 13.9 Å². The van der Waals surface area contributed by atoms with Gasteiger partial charge in [0.25, 0.3) is 0 Å². The molecule has 2 rings (SSSR count). The molecule has 0 radical (unpaired) electrons. The van der Waals surface area contributed by atoms with Gasteiger partial charge in [0.05, 0.1) is 18.4 Å². The summed E-state index contributed by atoms with van der Waals surface area (Å²) in [5.74, 6) is -1.32. The predicted octanol–water partition coefficient (Wildman–Crippen LogP) is 2.39. The molecule has 0 unspecified atom stereocenters. The number of nitrogens with zero attached hydrogens (tertiary/aromatic N) is 2. The van der Waals surface area contributed by atoms with E-state index >= 15 is 0 Å². The lowest BCUT2D eigenvalue weighted by Crippen LogP contribution is -2.04. The maximum Gasteiger partial charge on any atom is 0.341 e. The molecule has 6 heteroatoms. The monoisotopic (exact) mass is 276 g/mol. The minimum atomic E-state index is -0.587. The summed E-state index contributed by atoms with van der Waals surface area (Å²) in [6.07, 6.45) is 2.68. The normalized spacial score (nSPS) is 10.3. The van der Waals surface area contributed by atoms with Crippen LogP contribution in [0.4, 0.5) is 4.39 Å². The van der Waals surface area contributed by atoms with Crippen LogP contribution in [0.25, 0.3) is 5.69 Å². The number of hydrogen-bond acceptors (Lipinski definition) is 4. The Morgan fingerprint density at radius 3 is 2.70 bits per heavy atom. The number of carbonyl (C=O) groups excluding carboxylic acids is 2. The number of aromatic nitrogens is 2. The van der Waals surface area contributed by atoms with E-state index in [1.807, 2.05) is 0 Å². The predicted molar refractivity (Wildman–Crippen MR) is 69.5 cm³/mol. The summed E-state index contributed by atoms with van der Waals surface area (Å²) in [6, 6.07) is 4.09. The Bertz CT molecular complexity index is 664. The molecule has 104 valence electrons. The molecule has 0 aliphatic carbocycles. The van der Waals surface area contributed by atoms with Crippen LogP contribution in [0.5, 0.6) is 0 Å². The first-order chi connectivity index (χ1) is 9.52. The zero-order chi connectivity index (χ0) is 14.7. The van der Waals surface area contributed by atoms with Gasteiger partial charge >= 0.3 is 5.97 Å². The molecule has 0 aliphatic heterocycles. The summed E-state index contributed by atoms with van der Waals surface area (Å²) in [5.41, 5.74) is 0.677. The smallest absolute Gasteiger partial charge is 0.341 e. The molecule has 0 saturated carbocycles. The number of Topliss-reactive ketones (excluding diaryl/α,β-unsaturated/α-hetero) is 1. The lowest BCUT2D eigenvalue weighted by atomic mass is 10.1. The molecule has 1 heterocycles. The fraction of sp³-hybridized carbons (Fsp3) is 0.214. The molecule has 0 N–H and O–H groups in total. The SMILES string of the molecule is CCOC(=O)c1cnn(-c2ccc(C(C)=O)cc2F)c1. The van der Waals surface area contributed by atoms with Crippen LogP contribution in [0.2, 0.25) is 0 Å². The summed E-state index contributed by atoms with van der Waals surface area (Å²) in [5, 5.41) is 3.92. The third-order valence-electron chi connectivity index (χ3n) is 2.69. The highest BCUT2D eigenvalue weighted by Gasteiger charge is 2.13. The second-order valence-corrected chi connectivity index (χ2v) is 4.12. The first kappa shape index (κ1) is 13.9. The van der Waals surface area contributed by atoms with Crippen LogP contribution >= 0.6 is 0 Å². The van der Waals surface area contributed by atoms with Crippen LogP contribution in [0.15, 0.2) is 30.6 Å². The number of benzene rings is 1. The Balaban J connectivity index is 2.33. The molecule has 5 nitrogen and oxygen atoms in total. The molecule has 0 bridgehead atoms. The molecule has 0 amide bonds. The number of halogens is 1. The topological polar surface area (TPSA) is 61.2 Å². The Hall–Kier alpha value is -2.50. The van der Waals surface area contributed by atoms with Gasteiger partial charge in [-0.3, -0.25) is 4.79 Å². The molecule has 0 aliphatic rings. The molecular weight excluding hydrogens is 263 g/mol. The first-order valence-electron chi connectivity index (χ1n) is 6.05. The van der Waals surface area contributed by atoms with Crippen molar-refractivity contribution in [3.63, 3.8) is 0 Å². The third kappa shape index (κ3) is 2.74. The van der Waals surface area contributed by atoms with Crippen molar-refractivity contribution in [3.8, 4) is 5.69 Å². The van der Waals surface area contributed by atoms with Gasteiger partial charge in [0, 0.05) is 11.8 Å². The van der Waals surface area contributed by atoms with Gasteiger partial charge in [0.1, 0.15) is 11.5 Å². The number of ether oxygens (including phenoxy) is 1. The van der Waals surface area contributed by atoms with Gasteiger partial charge in [-0.05, 0) is 32.0 Å². The summed E-state index contributed by atoms with van der Waals surface area (Å²) in [4.78, 5) is 22.7. The molecule has 1 aromatic carbocycles. The second kappa shape index (κ2) is 5.64. The van der Waals surface area contributed by atoms with Gasteiger partial charge in [-0.2, -0.15) is 5.10 Å². The summed E-state index contributed by atoms with van der Waals surface area (Å²) in [6.45, 7) is 3.31. The second-order valence-electron chi connectivity index (χ2n) is 4.12. The Morgan fingerprint density at radius 2 is 2.10 bits per heavy atom. The van der Waals surface area contributed by atoms with E-state index in [4.69, 9.17) is 4.74 Å². The highest BCUT2D eigenvalue weighted by Crippen LogP contribution is 2.16. The minimum Gasteiger partial charge on any atom is -0.462 e. The van der Waals surface area contributed by atoms with Crippen molar-refractivity contribution in [1.29, 1.82) is 0 Å². The van der Waals surface area contributed by atoms with Crippen molar-refractivity contribution < 1.29 is 18.7 Å². The molecule has 2 aromatic rings. The third-order valence-corrected chi connectivity index (χ3v) is 2.69. The number of hydrogen-bond donors (Lipinski definition) is 0. The van der Waals surface area contributed by atoms with Crippen molar-refractivity contribution >= 4 is 11.8 Å². The average Bonchev–Trinajstić information content (AvgIpc) is 2.88. The molecule has 0 saturated heterocycles. The van der Waals surface area contributed by atoms with Gasteiger partial charge in [-0.1, -0.05) is 0 Å². The van der Waals surface area contributed by atoms with Crippen molar-refractivity contribution in [2.45, 2.75) is 13.8 Å². The quantitative estimate of drug-likeness (QED) is 0.635. The number of carbonyl (C=O) groups is 2. The van der Waals surface area contributed by atoms with E-state index in [1.54, 1.807) is 6.92 Å². The number of ketones is 1.